The van der Waals surface area contributed by atoms with Gasteiger partial charge in [0, 0.05) is 12.5 Å². The quantitative estimate of drug-likeness (QED) is 0.558. The summed E-state index contributed by atoms with van der Waals surface area (Å²) in [4.78, 5) is 12.3. The van der Waals surface area contributed by atoms with Crippen LogP contribution in [0, 0.1) is 11.6 Å². The molecule has 1 fully saturated rings. The highest BCUT2D eigenvalue weighted by Gasteiger charge is 2.41. The van der Waals surface area contributed by atoms with E-state index in [1.807, 2.05) is 26.2 Å². The average Bonchev–Trinajstić information content (AvgIpc) is 3.19. The molecule has 1 aliphatic heterocycles. The van der Waals surface area contributed by atoms with Crippen molar-refractivity contribution in [3.63, 3.8) is 0 Å². The lowest BCUT2D eigenvalue weighted by molar-refractivity contribution is -0.146. The zero-order valence-electron chi connectivity index (χ0n) is 19.7. The van der Waals surface area contributed by atoms with Crippen LogP contribution in [-0.4, -0.2) is 47.8 Å². The van der Waals surface area contributed by atoms with E-state index in [2.05, 4.69) is 4.90 Å². The van der Waals surface area contributed by atoms with Crippen LogP contribution in [0.25, 0.3) is 0 Å². The number of ether oxygens (including phenoxy) is 1. The molecular formula is C28H29F2NO4. The van der Waals surface area contributed by atoms with E-state index in [1.165, 1.54) is 12.1 Å². The topological polar surface area (TPSA) is 70.0 Å². The van der Waals surface area contributed by atoms with Gasteiger partial charge in [-0.15, -0.1) is 0 Å². The molecule has 0 radical (unpaired) electrons. The van der Waals surface area contributed by atoms with Crippen LogP contribution in [-0.2, 0) is 16.0 Å². The van der Waals surface area contributed by atoms with Gasteiger partial charge in [0.15, 0.2) is 6.10 Å². The Morgan fingerprint density at radius 2 is 1.60 bits per heavy atom. The number of hydrogen-bond donors (Lipinski definition) is 2. The summed E-state index contributed by atoms with van der Waals surface area (Å²) < 4.78 is 34.0. The van der Waals surface area contributed by atoms with Gasteiger partial charge in [0.05, 0.1) is 12.2 Å². The Balaban J connectivity index is 0.000000221. The number of hydrogen-bond acceptors (Lipinski definition) is 4. The molecule has 35 heavy (non-hydrogen) atoms. The molecule has 2 aliphatic rings. The van der Waals surface area contributed by atoms with E-state index in [1.54, 1.807) is 42.5 Å². The zero-order chi connectivity index (χ0) is 25.1. The molecule has 0 amide bonds. The Bertz CT molecular complexity index is 1130. The number of benzene rings is 3. The van der Waals surface area contributed by atoms with Gasteiger partial charge in [0.25, 0.3) is 0 Å². The van der Waals surface area contributed by atoms with Crippen LogP contribution < -0.4 is 0 Å². The normalized spacial score (nSPS) is 21.1. The van der Waals surface area contributed by atoms with Crippen LogP contribution in [0.15, 0.2) is 66.7 Å². The maximum atomic E-state index is 13.9. The Morgan fingerprint density at radius 1 is 1.00 bits per heavy atom. The molecule has 0 aromatic heterocycles. The summed E-state index contributed by atoms with van der Waals surface area (Å²) in [6.45, 7) is 0.808. The van der Waals surface area contributed by atoms with Gasteiger partial charge in [0.1, 0.15) is 11.6 Å². The number of halogens is 2. The van der Waals surface area contributed by atoms with Crippen molar-refractivity contribution in [3.8, 4) is 0 Å². The number of aliphatic hydroxyl groups excluding tert-OH is 1. The van der Waals surface area contributed by atoms with Gasteiger partial charge in [-0.2, -0.15) is 0 Å². The van der Waals surface area contributed by atoms with E-state index in [0.29, 0.717) is 12.0 Å². The van der Waals surface area contributed by atoms with Crippen molar-refractivity contribution in [2.45, 2.75) is 37.1 Å². The molecule has 1 saturated heterocycles. The number of carboxylic acid groups (broad SMARTS) is 1. The van der Waals surface area contributed by atoms with Gasteiger partial charge < -0.3 is 19.8 Å². The minimum absolute atomic E-state index is 0.0698. The van der Waals surface area contributed by atoms with Gasteiger partial charge >= 0.3 is 5.97 Å². The molecule has 7 heteroatoms. The summed E-state index contributed by atoms with van der Waals surface area (Å²) in [7, 11) is 4.03. The Hall–Kier alpha value is -3.13. The van der Waals surface area contributed by atoms with Crippen LogP contribution in [0.4, 0.5) is 8.78 Å². The predicted octanol–water partition coefficient (Wildman–Crippen LogP) is 4.85. The van der Waals surface area contributed by atoms with E-state index < -0.39 is 12.1 Å². The van der Waals surface area contributed by atoms with Crippen molar-refractivity contribution in [1.82, 2.24) is 4.90 Å². The molecule has 0 saturated carbocycles. The molecule has 1 heterocycles. The SMILES string of the molecule is CN(C)CC1CC2c3cc(F)ccc3Cc3ccc(F)cc3C2O1.O=C(O)C(O)c1ccccc1. The van der Waals surface area contributed by atoms with Crippen LogP contribution in [0.3, 0.4) is 0 Å². The smallest absolute Gasteiger partial charge is 0.337 e. The van der Waals surface area contributed by atoms with E-state index in [4.69, 9.17) is 14.9 Å². The second-order valence-corrected chi connectivity index (χ2v) is 9.30. The first-order chi connectivity index (χ1) is 16.7. The van der Waals surface area contributed by atoms with Crippen molar-refractivity contribution in [2.75, 3.05) is 20.6 Å². The second kappa shape index (κ2) is 10.6. The van der Waals surface area contributed by atoms with Crippen LogP contribution in [0.5, 0.6) is 0 Å². The Morgan fingerprint density at radius 3 is 2.20 bits per heavy atom. The van der Waals surface area contributed by atoms with Crippen molar-refractivity contribution in [2.24, 2.45) is 0 Å². The lowest BCUT2D eigenvalue weighted by Crippen LogP contribution is -2.25. The highest BCUT2D eigenvalue weighted by molar-refractivity contribution is 5.73. The van der Waals surface area contributed by atoms with Gasteiger partial charge in [-0.05, 0) is 79.0 Å². The summed E-state index contributed by atoms with van der Waals surface area (Å²) in [6.07, 6.45) is -0.0184. The number of rotatable bonds is 4. The van der Waals surface area contributed by atoms with Gasteiger partial charge in [-0.1, -0.05) is 42.5 Å². The maximum Gasteiger partial charge on any atom is 0.337 e. The van der Waals surface area contributed by atoms with Crippen LogP contribution in [0.1, 0.15) is 52.4 Å². The number of carbonyl (C=O) groups is 1. The maximum absolute atomic E-state index is 13.9. The molecule has 5 nitrogen and oxygen atoms in total. The molecule has 3 aromatic carbocycles. The molecule has 0 bridgehead atoms. The summed E-state index contributed by atoms with van der Waals surface area (Å²) in [5, 5.41) is 17.4. The fraction of sp³-hybridized carbons (Fsp3) is 0.321. The van der Waals surface area contributed by atoms with Crippen molar-refractivity contribution >= 4 is 5.97 Å². The number of nitrogens with zero attached hydrogens (tertiary/aromatic N) is 1. The molecule has 4 atom stereocenters. The lowest BCUT2D eigenvalue weighted by atomic mass is 9.87. The third-order valence-corrected chi connectivity index (χ3v) is 6.44. The molecule has 2 N–H and O–H groups in total. The summed E-state index contributed by atoms with van der Waals surface area (Å²) in [5.41, 5.74) is 4.52. The minimum Gasteiger partial charge on any atom is -0.479 e. The average molecular weight is 482 g/mol. The molecule has 3 aromatic rings. The number of carboxylic acids is 1. The van der Waals surface area contributed by atoms with Crippen molar-refractivity contribution in [3.05, 3.63) is 106 Å². The second-order valence-electron chi connectivity index (χ2n) is 9.30. The standard InChI is InChI=1S/C20H21F2NO.C8H8O3/c1-23(2)11-16-10-19-17-8-14(21)5-3-12(17)7-13-4-6-15(22)9-18(13)20(19)24-16;9-7(8(10)11)6-4-2-1-3-5-6/h3-6,8-9,16,19-20H,7,10-11H2,1-2H3;1-5,7,9H,(H,10,11). The number of aliphatic hydroxyl groups is 1. The molecule has 0 spiro atoms. The van der Waals surface area contributed by atoms with Crippen molar-refractivity contribution < 1.29 is 28.5 Å². The third-order valence-electron chi connectivity index (χ3n) is 6.44. The molecule has 4 unspecified atom stereocenters. The fourth-order valence-corrected chi connectivity index (χ4v) is 4.92. The minimum atomic E-state index is -1.41. The summed E-state index contributed by atoms with van der Waals surface area (Å²) in [5.74, 6) is -1.62. The predicted molar refractivity (Wildman–Crippen MR) is 128 cm³/mol. The fourth-order valence-electron chi connectivity index (χ4n) is 4.92. The first-order valence-corrected chi connectivity index (χ1v) is 11.6. The molecular weight excluding hydrogens is 452 g/mol. The zero-order valence-corrected chi connectivity index (χ0v) is 19.7. The van der Waals surface area contributed by atoms with Gasteiger partial charge in [0.2, 0.25) is 0 Å². The summed E-state index contributed by atoms with van der Waals surface area (Å²) in [6, 6.07) is 18.2. The summed E-state index contributed by atoms with van der Waals surface area (Å²) >= 11 is 0. The third kappa shape index (κ3) is 5.75. The van der Waals surface area contributed by atoms with E-state index in [9.17, 15) is 13.6 Å². The van der Waals surface area contributed by atoms with Crippen LogP contribution >= 0.6 is 0 Å². The first-order valence-electron chi connectivity index (χ1n) is 11.6. The Kier molecular flexibility index (Phi) is 7.60. The first kappa shape index (κ1) is 25.0. The lowest BCUT2D eigenvalue weighted by Gasteiger charge is -2.20. The highest BCUT2D eigenvalue weighted by Crippen LogP contribution is 2.49. The number of fused-ring (bicyclic) bond motifs is 5. The van der Waals surface area contributed by atoms with E-state index >= 15 is 0 Å². The van der Waals surface area contributed by atoms with Gasteiger partial charge in [-0.3, -0.25) is 0 Å². The Labute approximate surface area is 203 Å². The molecule has 184 valence electrons. The van der Waals surface area contributed by atoms with Crippen molar-refractivity contribution in [1.29, 1.82) is 0 Å². The highest BCUT2D eigenvalue weighted by atomic mass is 19.1. The number of aliphatic carboxylic acids is 1. The molecule has 1 aliphatic carbocycles. The molecule has 5 rings (SSSR count). The monoisotopic (exact) mass is 481 g/mol. The van der Waals surface area contributed by atoms with E-state index in [-0.39, 0.29) is 29.8 Å². The largest absolute Gasteiger partial charge is 0.479 e. The van der Waals surface area contributed by atoms with E-state index in [0.717, 1.165) is 35.2 Å². The van der Waals surface area contributed by atoms with Gasteiger partial charge in [-0.25, -0.2) is 13.6 Å². The van der Waals surface area contributed by atoms with Crippen LogP contribution in [0.2, 0.25) is 0 Å². The number of likely N-dealkylation sites (N-methyl/N-ethyl adjacent to an activating group) is 1.